The number of rotatable bonds is 5. The molecule has 0 atom stereocenters. The maximum absolute atomic E-state index is 11.9. The van der Waals surface area contributed by atoms with Crippen molar-refractivity contribution in [1.29, 1.82) is 5.26 Å². The first-order valence-electron chi connectivity index (χ1n) is 7.04. The Kier molecular flexibility index (Phi) is 5.08. The van der Waals surface area contributed by atoms with Crippen LogP contribution in [0.5, 0.6) is 0 Å². The summed E-state index contributed by atoms with van der Waals surface area (Å²) in [5.41, 5.74) is 5.65. The summed E-state index contributed by atoms with van der Waals surface area (Å²) in [5.74, 6) is -0.0986. The highest BCUT2D eigenvalue weighted by Gasteiger charge is 2.19. The molecule has 126 valence electrons. The van der Waals surface area contributed by atoms with Crippen LogP contribution in [0.25, 0.3) is 20.9 Å². The van der Waals surface area contributed by atoms with E-state index in [1.807, 2.05) is 24.3 Å². The van der Waals surface area contributed by atoms with Crippen LogP contribution in [-0.2, 0) is 4.79 Å². The first-order chi connectivity index (χ1) is 12.0. The number of hydrogen-bond acceptors (Lipinski definition) is 8. The number of ketones is 1. The number of aromatic nitrogens is 2. The van der Waals surface area contributed by atoms with Crippen molar-refractivity contribution in [3.05, 3.63) is 40.6 Å². The molecule has 6 nitrogen and oxygen atoms in total. The quantitative estimate of drug-likeness (QED) is 0.398. The molecule has 0 saturated heterocycles. The number of fused-ring (bicyclic) bond motifs is 1. The lowest BCUT2D eigenvalue weighted by atomic mass is 10.2. The van der Waals surface area contributed by atoms with Gasteiger partial charge in [-0.3, -0.25) is 4.79 Å². The van der Waals surface area contributed by atoms with Crippen molar-refractivity contribution in [3.8, 4) is 16.8 Å². The molecule has 25 heavy (non-hydrogen) atoms. The van der Waals surface area contributed by atoms with Crippen molar-refractivity contribution < 1.29 is 9.21 Å². The number of Topliss-reactive ketones (excluding diaryl/α,β-unsaturated/α-hetero) is 1. The van der Waals surface area contributed by atoms with Gasteiger partial charge in [0.2, 0.25) is 0 Å². The maximum Gasteiger partial charge on any atom is 0.277 e. The highest BCUT2D eigenvalue weighted by molar-refractivity contribution is 7.99. The minimum absolute atomic E-state index is 0.0147. The number of nitrogens with two attached hydrogens (primary N) is 1. The SMILES string of the molecule is C/C(N)=C(/C#N)C(=O)CSc1nnc(-c2sc3ccccc3c2Cl)o1. The number of benzene rings is 1. The number of nitrogens with zero attached hydrogens (tertiary/aromatic N) is 3. The maximum atomic E-state index is 11.9. The van der Waals surface area contributed by atoms with Crippen LogP contribution in [0, 0.1) is 11.3 Å². The average Bonchev–Trinajstić information content (AvgIpc) is 3.18. The lowest BCUT2D eigenvalue weighted by molar-refractivity contribution is -0.112. The molecule has 0 aliphatic heterocycles. The van der Waals surface area contributed by atoms with Gasteiger partial charge in [0.05, 0.1) is 10.8 Å². The predicted octanol–water partition coefficient (Wildman–Crippen LogP) is 4.02. The van der Waals surface area contributed by atoms with Gasteiger partial charge >= 0.3 is 0 Å². The number of thioether (sulfide) groups is 1. The molecule has 0 unspecified atom stereocenters. The second-order valence-electron chi connectivity index (χ2n) is 5.00. The van der Waals surface area contributed by atoms with E-state index in [1.54, 1.807) is 6.07 Å². The molecule has 0 aliphatic carbocycles. The van der Waals surface area contributed by atoms with Crippen LogP contribution >= 0.6 is 34.7 Å². The second kappa shape index (κ2) is 7.27. The number of allylic oxidation sites excluding steroid dienone is 2. The Morgan fingerprint density at radius 2 is 2.20 bits per heavy atom. The van der Waals surface area contributed by atoms with Gasteiger partial charge in [-0.15, -0.1) is 21.5 Å². The minimum Gasteiger partial charge on any atom is -0.410 e. The van der Waals surface area contributed by atoms with Crippen LogP contribution in [0.4, 0.5) is 0 Å². The highest BCUT2D eigenvalue weighted by atomic mass is 35.5. The van der Waals surface area contributed by atoms with Crippen LogP contribution in [0.3, 0.4) is 0 Å². The van der Waals surface area contributed by atoms with Gasteiger partial charge in [-0.25, -0.2) is 0 Å². The van der Waals surface area contributed by atoms with E-state index in [0.29, 0.717) is 15.8 Å². The fraction of sp³-hybridized carbons (Fsp3) is 0.125. The van der Waals surface area contributed by atoms with Crippen LogP contribution < -0.4 is 5.73 Å². The fourth-order valence-electron chi connectivity index (χ4n) is 2.08. The smallest absolute Gasteiger partial charge is 0.277 e. The van der Waals surface area contributed by atoms with Crippen LogP contribution in [0.1, 0.15) is 6.92 Å². The number of carbonyl (C=O) groups is 1. The van der Waals surface area contributed by atoms with Gasteiger partial charge in [0, 0.05) is 15.8 Å². The standard InChI is InChI=1S/C16H11ClN4O2S2/c1-8(19)10(6-18)11(22)7-24-16-21-20-15(23-16)14-13(17)9-4-2-3-5-12(9)25-14/h2-5H,7,19H2,1H3/b10-8+. The van der Waals surface area contributed by atoms with Gasteiger partial charge in [0.25, 0.3) is 11.1 Å². The number of thiophene rings is 1. The van der Waals surface area contributed by atoms with E-state index in [4.69, 9.17) is 27.0 Å². The topological polar surface area (TPSA) is 106 Å². The first kappa shape index (κ1) is 17.5. The van der Waals surface area contributed by atoms with Crippen molar-refractivity contribution in [3.63, 3.8) is 0 Å². The summed E-state index contributed by atoms with van der Waals surface area (Å²) >= 11 is 8.89. The van der Waals surface area contributed by atoms with Gasteiger partial charge < -0.3 is 10.2 Å². The van der Waals surface area contributed by atoms with E-state index in [0.717, 1.165) is 21.8 Å². The number of carbonyl (C=O) groups excluding carboxylic acids is 1. The van der Waals surface area contributed by atoms with Crippen LogP contribution in [0.2, 0.25) is 5.02 Å². The molecule has 0 bridgehead atoms. The zero-order valence-corrected chi connectivity index (χ0v) is 15.3. The predicted molar refractivity (Wildman–Crippen MR) is 98.4 cm³/mol. The lowest BCUT2D eigenvalue weighted by Gasteiger charge is -1.98. The fourth-order valence-corrected chi connectivity index (χ4v) is 4.15. The highest BCUT2D eigenvalue weighted by Crippen LogP contribution is 2.41. The third kappa shape index (κ3) is 3.54. The summed E-state index contributed by atoms with van der Waals surface area (Å²) in [6, 6.07) is 9.53. The Morgan fingerprint density at radius 3 is 2.88 bits per heavy atom. The molecule has 9 heteroatoms. The molecule has 2 heterocycles. The molecular weight excluding hydrogens is 380 g/mol. The second-order valence-corrected chi connectivity index (χ2v) is 7.35. The van der Waals surface area contributed by atoms with Crippen LogP contribution in [-0.4, -0.2) is 21.7 Å². The molecule has 2 aromatic heterocycles. The average molecular weight is 391 g/mol. The van der Waals surface area contributed by atoms with E-state index in [1.165, 1.54) is 18.3 Å². The van der Waals surface area contributed by atoms with Crippen molar-refractivity contribution in [2.75, 3.05) is 5.75 Å². The van der Waals surface area contributed by atoms with Crippen LogP contribution in [0.15, 0.2) is 45.2 Å². The van der Waals surface area contributed by atoms with Crippen molar-refractivity contribution in [1.82, 2.24) is 10.2 Å². The number of nitriles is 1. The van der Waals surface area contributed by atoms with Gasteiger partial charge in [-0.2, -0.15) is 5.26 Å². The molecule has 0 saturated carbocycles. The Balaban J connectivity index is 1.79. The summed E-state index contributed by atoms with van der Waals surface area (Å²) in [5, 5.41) is 18.6. The molecule has 0 radical (unpaired) electrons. The summed E-state index contributed by atoms with van der Waals surface area (Å²) in [6.07, 6.45) is 0. The van der Waals surface area contributed by atoms with Gasteiger partial charge in [0.1, 0.15) is 16.5 Å². The van der Waals surface area contributed by atoms with Crippen molar-refractivity contribution >= 4 is 50.6 Å². The normalized spacial score (nSPS) is 12.0. The Hall–Kier alpha value is -2.34. The lowest BCUT2D eigenvalue weighted by Crippen LogP contribution is -2.10. The van der Waals surface area contributed by atoms with E-state index in [9.17, 15) is 4.79 Å². The summed E-state index contributed by atoms with van der Waals surface area (Å²) in [4.78, 5) is 12.6. The third-order valence-electron chi connectivity index (χ3n) is 3.25. The van der Waals surface area contributed by atoms with E-state index in [-0.39, 0.29) is 28.0 Å². The van der Waals surface area contributed by atoms with Gasteiger partial charge in [-0.1, -0.05) is 41.6 Å². The first-order valence-corrected chi connectivity index (χ1v) is 9.22. The summed E-state index contributed by atoms with van der Waals surface area (Å²) in [7, 11) is 0. The van der Waals surface area contributed by atoms with E-state index in [2.05, 4.69) is 10.2 Å². The number of halogens is 1. The summed E-state index contributed by atoms with van der Waals surface area (Å²) < 4.78 is 6.61. The third-order valence-corrected chi connectivity index (χ3v) is 5.73. The zero-order valence-electron chi connectivity index (χ0n) is 12.9. The molecule has 2 N–H and O–H groups in total. The molecule has 1 aromatic carbocycles. The van der Waals surface area contributed by atoms with Gasteiger partial charge in [-0.05, 0) is 13.0 Å². The molecule has 0 spiro atoms. The van der Waals surface area contributed by atoms with Crippen molar-refractivity contribution in [2.45, 2.75) is 12.1 Å². The molecule has 3 aromatic rings. The van der Waals surface area contributed by atoms with Gasteiger partial charge in [0.15, 0.2) is 5.78 Å². The minimum atomic E-state index is -0.382. The monoisotopic (exact) mass is 390 g/mol. The van der Waals surface area contributed by atoms with Crippen molar-refractivity contribution in [2.24, 2.45) is 5.73 Å². The van der Waals surface area contributed by atoms with E-state index >= 15 is 0 Å². The molecule has 0 fully saturated rings. The zero-order chi connectivity index (χ0) is 18.0. The molecule has 0 amide bonds. The molecule has 0 aliphatic rings. The molecular formula is C16H11ClN4O2S2. The Labute approximate surface area is 156 Å². The number of hydrogen-bond donors (Lipinski definition) is 1. The largest absolute Gasteiger partial charge is 0.410 e. The van der Waals surface area contributed by atoms with E-state index < -0.39 is 0 Å². The Morgan fingerprint density at radius 1 is 1.44 bits per heavy atom. The molecule has 3 rings (SSSR count). The Bertz CT molecular complexity index is 1030. The summed E-state index contributed by atoms with van der Waals surface area (Å²) in [6.45, 7) is 1.51.